The summed E-state index contributed by atoms with van der Waals surface area (Å²) in [4.78, 5) is 43.8. The van der Waals surface area contributed by atoms with E-state index in [1.807, 2.05) is 6.07 Å². The SMILES string of the molecule is O=C1NC[C@H]2O[C@@H](CC(=O)N(CCNC3CCCC3)CC(=O)N3CC[C@@H](n4cc(-c5cccc(O)c5)nn4)C[C@@H]13)C(O)C2O. The number of hydrogen-bond acceptors (Lipinski definition) is 10. The zero-order valence-corrected chi connectivity index (χ0v) is 24.6. The van der Waals surface area contributed by atoms with E-state index >= 15 is 0 Å². The minimum absolute atomic E-state index is 0.0784. The van der Waals surface area contributed by atoms with Crippen molar-refractivity contribution in [3.8, 4) is 17.0 Å². The summed E-state index contributed by atoms with van der Waals surface area (Å²) < 4.78 is 7.53. The van der Waals surface area contributed by atoms with E-state index in [-0.39, 0.29) is 56.1 Å². The molecule has 3 amide bonds. The van der Waals surface area contributed by atoms with Crippen LogP contribution in [0, 0.1) is 0 Å². The zero-order valence-electron chi connectivity index (χ0n) is 24.6. The summed E-state index contributed by atoms with van der Waals surface area (Å²) in [5.74, 6) is -0.981. The van der Waals surface area contributed by atoms with Gasteiger partial charge >= 0.3 is 0 Å². The van der Waals surface area contributed by atoms with Crippen LogP contribution in [-0.4, -0.2) is 127 Å². The smallest absolute Gasteiger partial charge is 0.242 e. The molecule has 2 unspecified atom stereocenters. The average molecular weight is 612 g/mol. The molecule has 0 radical (unpaired) electrons. The van der Waals surface area contributed by atoms with Crippen molar-refractivity contribution in [1.82, 2.24) is 35.4 Å². The second-order valence-corrected chi connectivity index (χ2v) is 12.3. The highest BCUT2D eigenvalue weighted by Crippen LogP contribution is 2.30. The van der Waals surface area contributed by atoms with Crippen molar-refractivity contribution in [2.45, 2.75) is 87.5 Å². The maximum Gasteiger partial charge on any atom is 0.242 e. The van der Waals surface area contributed by atoms with Crippen LogP contribution in [0.5, 0.6) is 5.75 Å². The van der Waals surface area contributed by atoms with Gasteiger partial charge in [-0.05, 0) is 37.8 Å². The van der Waals surface area contributed by atoms with Gasteiger partial charge in [0.05, 0.1) is 31.3 Å². The number of carbonyl (C=O) groups is 3. The molecular formula is C30H41N7O7. The van der Waals surface area contributed by atoms with Crippen molar-refractivity contribution < 1.29 is 34.4 Å². The molecule has 0 spiro atoms. The number of nitrogens with one attached hydrogen (secondary N) is 2. The van der Waals surface area contributed by atoms with Gasteiger partial charge in [0, 0.05) is 37.8 Å². The number of phenols is 1. The predicted molar refractivity (Wildman–Crippen MR) is 156 cm³/mol. The van der Waals surface area contributed by atoms with Gasteiger partial charge in [-0.25, -0.2) is 4.68 Å². The number of aromatic hydroxyl groups is 1. The Morgan fingerprint density at radius 1 is 1.05 bits per heavy atom. The first kappa shape index (κ1) is 30.4. The summed E-state index contributed by atoms with van der Waals surface area (Å²) >= 11 is 0. The van der Waals surface area contributed by atoms with E-state index in [1.165, 1.54) is 22.6 Å². The van der Waals surface area contributed by atoms with Crippen molar-refractivity contribution in [3.63, 3.8) is 0 Å². The Labute approximate surface area is 255 Å². The quantitative estimate of drug-likeness (QED) is 0.287. The number of carbonyl (C=O) groups excluding carboxylic acids is 3. The van der Waals surface area contributed by atoms with Gasteiger partial charge in [0.2, 0.25) is 17.7 Å². The van der Waals surface area contributed by atoms with Gasteiger partial charge in [0.15, 0.2) is 0 Å². The van der Waals surface area contributed by atoms with Gasteiger partial charge in [-0.2, -0.15) is 0 Å². The lowest BCUT2D eigenvalue weighted by Crippen LogP contribution is -2.57. The molecule has 14 nitrogen and oxygen atoms in total. The Kier molecular flexibility index (Phi) is 9.12. The summed E-state index contributed by atoms with van der Waals surface area (Å²) in [6.07, 6.45) is 2.48. The monoisotopic (exact) mass is 611 g/mol. The number of ether oxygens (including phenoxy) is 1. The third kappa shape index (κ3) is 6.58. The van der Waals surface area contributed by atoms with Crippen LogP contribution in [0.15, 0.2) is 30.5 Å². The number of piperidine rings is 1. The number of amides is 3. The highest BCUT2D eigenvalue weighted by atomic mass is 16.5. The van der Waals surface area contributed by atoms with E-state index in [0.29, 0.717) is 36.8 Å². The van der Waals surface area contributed by atoms with E-state index < -0.39 is 36.4 Å². The lowest BCUT2D eigenvalue weighted by Gasteiger charge is -2.39. The van der Waals surface area contributed by atoms with Gasteiger partial charge in [-0.3, -0.25) is 14.4 Å². The third-order valence-corrected chi connectivity index (χ3v) is 9.39. The van der Waals surface area contributed by atoms with E-state index in [2.05, 4.69) is 20.9 Å². The van der Waals surface area contributed by atoms with Crippen molar-refractivity contribution in [2.24, 2.45) is 0 Å². The summed E-state index contributed by atoms with van der Waals surface area (Å²) in [5, 5.41) is 45.9. The molecule has 1 saturated carbocycles. The van der Waals surface area contributed by atoms with Crippen LogP contribution in [0.3, 0.4) is 0 Å². The van der Waals surface area contributed by atoms with Crippen LogP contribution in [-0.2, 0) is 19.1 Å². The van der Waals surface area contributed by atoms with Crippen LogP contribution in [0.1, 0.15) is 51.0 Å². The molecule has 6 atom stereocenters. The van der Waals surface area contributed by atoms with Crippen molar-refractivity contribution in [3.05, 3.63) is 30.5 Å². The molecule has 6 rings (SSSR count). The lowest BCUT2D eigenvalue weighted by atomic mass is 9.95. The minimum atomic E-state index is -1.29. The fourth-order valence-corrected chi connectivity index (χ4v) is 6.85. The summed E-state index contributed by atoms with van der Waals surface area (Å²) in [6, 6.07) is 5.99. The molecule has 3 saturated heterocycles. The second-order valence-electron chi connectivity index (χ2n) is 12.3. The molecular weight excluding hydrogens is 570 g/mol. The molecule has 1 aliphatic carbocycles. The normalized spacial score (nSPS) is 30.5. The van der Waals surface area contributed by atoms with Crippen LogP contribution < -0.4 is 10.6 Å². The van der Waals surface area contributed by atoms with Gasteiger partial charge in [-0.15, -0.1) is 5.10 Å². The maximum atomic E-state index is 13.8. The highest BCUT2D eigenvalue weighted by molar-refractivity contribution is 5.90. The Morgan fingerprint density at radius 3 is 2.64 bits per heavy atom. The van der Waals surface area contributed by atoms with E-state index in [9.17, 15) is 29.7 Å². The summed E-state index contributed by atoms with van der Waals surface area (Å²) in [7, 11) is 0. The Hall–Kier alpha value is -3.59. The fraction of sp³-hybridized carbons (Fsp3) is 0.633. The number of fused-ring (bicyclic) bond motifs is 3. The largest absolute Gasteiger partial charge is 0.508 e. The van der Waals surface area contributed by atoms with Gasteiger partial charge in [-0.1, -0.05) is 30.2 Å². The summed E-state index contributed by atoms with van der Waals surface area (Å²) in [6.45, 7) is 0.794. The van der Waals surface area contributed by atoms with E-state index in [1.54, 1.807) is 29.1 Å². The number of aliphatic hydroxyl groups excluding tert-OH is 2. The first-order valence-electron chi connectivity index (χ1n) is 15.6. The van der Waals surface area contributed by atoms with Crippen LogP contribution in [0.4, 0.5) is 0 Å². The molecule has 5 N–H and O–H groups in total. The third-order valence-electron chi connectivity index (χ3n) is 9.39. The molecule has 2 aromatic rings. The molecule has 1 aromatic carbocycles. The van der Waals surface area contributed by atoms with Crippen molar-refractivity contribution in [1.29, 1.82) is 0 Å². The number of phenolic OH excluding ortho intramolecular Hbond substituents is 1. The van der Waals surface area contributed by atoms with Crippen molar-refractivity contribution >= 4 is 17.7 Å². The molecule has 238 valence electrons. The molecule has 1 aromatic heterocycles. The Morgan fingerprint density at radius 2 is 1.84 bits per heavy atom. The average Bonchev–Trinajstić information content (AvgIpc) is 3.78. The van der Waals surface area contributed by atoms with Crippen LogP contribution in [0.2, 0.25) is 0 Å². The number of hydrogen-bond donors (Lipinski definition) is 5. The molecule has 4 heterocycles. The molecule has 4 fully saturated rings. The summed E-state index contributed by atoms with van der Waals surface area (Å²) in [5.41, 5.74) is 1.27. The lowest BCUT2D eigenvalue weighted by molar-refractivity contribution is -0.147. The molecule has 4 aliphatic rings. The Balaban J connectivity index is 1.21. The zero-order chi connectivity index (χ0) is 30.8. The Bertz CT molecular complexity index is 1350. The maximum absolute atomic E-state index is 13.8. The standard InChI is InChI=1S/C30H41N7O7/c38-21-7-3-4-18(12-21)22-16-37(34-33-22)20-8-10-36-23(13-20)30(43)32-15-25-29(42)28(41)24(44-25)14-26(39)35(17-27(36)40)11-9-31-19-5-1-2-6-19/h3-4,7,12,16,19-20,23-25,28-29,31,38,41-42H,1-2,5-6,8-11,13-15,17H2,(H,32,43)/t20-,23+,24+,25-,28?,29?/m1/s1. The predicted octanol–water partition coefficient (Wildman–Crippen LogP) is -0.447. The molecule has 44 heavy (non-hydrogen) atoms. The minimum Gasteiger partial charge on any atom is -0.508 e. The highest BCUT2D eigenvalue weighted by Gasteiger charge is 2.45. The number of aliphatic hydroxyl groups is 2. The van der Waals surface area contributed by atoms with Crippen molar-refractivity contribution in [2.75, 3.05) is 32.7 Å². The fourth-order valence-electron chi connectivity index (χ4n) is 6.85. The molecule has 3 aliphatic heterocycles. The van der Waals surface area contributed by atoms with Gasteiger partial charge < -0.3 is 40.5 Å². The number of rotatable bonds is 6. The van der Waals surface area contributed by atoms with Crippen LogP contribution >= 0.6 is 0 Å². The molecule has 2 bridgehead atoms. The number of benzene rings is 1. The first-order valence-corrected chi connectivity index (χ1v) is 15.6. The topological polar surface area (TPSA) is 182 Å². The van der Waals surface area contributed by atoms with E-state index in [0.717, 1.165) is 12.8 Å². The van der Waals surface area contributed by atoms with Crippen LogP contribution in [0.25, 0.3) is 11.3 Å². The van der Waals surface area contributed by atoms with Gasteiger partial charge in [0.1, 0.15) is 35.8 Å². The first-order chi connectivity index (χ1) is 21.3. The second kappa shape index (κ2) is 13.2. The number of nitrogens with zero attached hydrogens (tertiary/aromatic N) is 5. The van der Waals surface area contributed by atoms with E-state index in [4.69, 9.17) is 4.74 Å². The molecule has 14 heteroatoms. The van der Waals surface area contributed by atoms with Gasteiger partial charge in [0.25, 0.3) is 0 Å². The number of aromatic nitrogens is 3.